The molecule has 1 aliphatic rings. The van der Waals surface area contributed by atoms with Gasteiger partial charge in [-0.05, 0) is 33.1 Å². The Morgan fingerprint density at radius 3 is 2.95 bits per heavy atom. The maximum Gasteiger partial charge on any atom is 0.208 e. The number of hydrogen-bond donors (Lipinski definition) is 2. The van der Waals surface area contributed by atoms with Crippen LogP contribution in [0, 0.1) is 0 Å². The lowest BCUT2D eigenvalue weighted by Crippen LogP contribution is -2.47. The Morgan fingerprint density at radius 2 is 2.37 bits per heavy atom. The summed E-state index contributed by atoms with van der Waals surface area (Å²) in [4.78, 5) is 6.63. The van der Waals surface area contributed by atoms with Crippen LogP contribution in [0.1, 0.15) is 33.1 Å². The lowest BCUT2D eigenvalue weighted by Gasteiger charge is -2.26. The van der Waals surface area contributed by atoms with Gasteiger partial charge >= 0.3 is 0 Å². The topological polar surface area (TPSA) is 72.1 Å². The summed E-state index contributed by atoms with van der Waals surface area (Å²) in [5.74, 6) is 6.31. The second-order valence-corrected chi connectivity index (χ2v) is 4.57. The second kappa shape index (κ2) is 10.00. The van der Waals surface area contributed by atoms with Gasteiger partial charge in [-0.2, -0.15) is 0 Å². The lowest BCUT2D eigenvalue weighted by atomic mass is 10.2. The van der Waals surface area contributed by atoms with Gasteiger partial charge in [0.25, 0.3) is 0 Å². The lowest BCUT2D eigenvalue weighted by molar-refractivity contribution is 0.0914. The monoisotopic (exact) mass is 272 g/mol. The number of rotatable bonds is 8. The predicted molar refractivity (Wildman–Crippen MR) is 77.0 cm³/mol. The van der Waals surface area contributed by atoms with Gasteiger partial charge in [0, 0.05) is 39.5 Å². The zero-order valence-electron chi connectivity index (χ0n) is 12.2. The summed E-state index contributed by atoms with van der Waals surface area (Å²) < 4.78 is 10.9. The summed E-state index contributed by atoms with van der Waals surface area (Å²) >= 11 is 0. The maximum atomic E-state index is 5.65. The fourth-order valence-corrected chi connectivity index (χ4v) is 2.13. The maximum absolute atomic E-state index is 5.65. The van der Waals surface area contributed by atoms with Crippen LogP contribution < -0.4 is 11.3 Å². The zero-order chi connectivity index (χ0) is 13.9. The van der Waals surface area contributed by atoms with Crippen molar-refractivity contribution >= 4 is 5.96 Å². The third kappa shape index (κ3) is 6.22. The molecule has 0 aliphatic carbocycles. The number of nitrogens with two attached hydrogens (primary N) is 1. The number of hydrazine groups is 1. The Hall–Kier alpha value is -0.850. The van der Waals surface area contributed by atoms with Crippen molar-refractivity contribution < 1.29 is 9.47 Å². The number of likely N-dealkylation sites (N-methyl/N-ethyl adjacent to an activating group) is 1. The van der Waals surface area contributed by atoms with E-state index in [1.54, 1.807) is 0 Å². The molecule has 1 atom stereocenters. The van der Waals surface area contributed by atoms with Gasteiger partial charge in [-0.3, -0.25) is 10.4 Å². The Bertz CT molecular complexity index is 255. The second-order valence-electron chi connectivity index (χ2n) is 4.57. The van der Waals surface area contributed by atoms with Crippen molar-refractivity contribution in [2.75, 3.05) is 39.5 Å². The van der Waals surface area contributed by atoms with Gasteiger partial charge in [-0.15, -0.1) is 0 Å². The highest BCUT2D eigenvalue weighted by molar-refractivity contribution is 5.79. The molecule has 6 nitrogen and oxygen atoms in total. The molecule has 1 saturated heterocycles. The van der Waals surface area contributed by atoms with E-state index in [4.69, 9.17) is 15.3 Å². The third-order valence-corrected chi connectivity index (χ3v) is 3.17. The highest BCUT2D eigenvalue weighted by Crippen LogP contribution is 2.13. The molecule has 0 amide bonds. The molecule has 0 radical (unpaired) electrons. The van der Waals surface area contributed by atoms with Gasteiger partial charge in [-0.25, -0.2) is 5.84 Å². The van der Waals surface area contributed by atoms with E-state index in [0.717, 1.165) is 64.7 Å². The van der Waals surface area contributed by atoms with E-state index in [0.29, 0.717) is 6.10 Å². The van der Waals surface area contributed by atoms with Crippen LogP contribution in [0.5, 0.6) is 0 Å². The first-order valence-corrected chi connectivity index (χ1v) is 7.27. The Labute approximate surface area is 116 Å². The SMILES string of the molecule is CCOCCCN=C(NN)N(CC)CC1CCCO1. The summed E-state index contributed by atoms with van der Waals surface area (Å²) in [7, 11) is 0. The van der Waals surface area contributed by atoms with Crippen molar-refractivity contribution in [3.05, 3.63) is 0 Å². The highest BCUT2D eigenvalue weighted by Gasteiger charge is 2.20. The number of nitrogens with one attached hydrogen (secondary N) is 1. The standard InChI is InChI=1S/C13H28N4O2/c1-3-17(11-12-7-5-10-19-12)13(16-14)15-8-6-9-18-4-2/h12H,3-11,14H2,1-2H3,(H,15,16). The van der Waals surface area contributed by atoms with Gasteiger partial charge < -0.3 is 14.4 Å². The van der Waals surface area contributed by atoms with Gasteiger partial charge in [0.15, 0.2) is 0 Å². The first kappa shape index (κ1) is 16.2. The van der Waals surface area contributed by atoms with Crippen LogP contribution in [0.3, 0.4) is 0 Å². The quantitative estimate of drug-likeness (QED) is 0.224. The molecule has 0 aromatic carbocycles. The molecular formula is C13H28N4O2. The van der Waals surface area contributed by atoms with Crippen molar-refractivity contribution in [2.24, 2.45) is 10.8 Å². The third-order valence-electron chi connectivity index (χ3n) is 3.17. The van der Waals surface area contributed by atoms with Gasteiger partial charge in [0.2, 0.25) is 5.96 Å². The fraction of sp³-hybridized carbons (Fsp3) is 0.923. The molecule has 3 N–H and O–H groups in total. The summed E-state index contributed by atoms with van der Waals surface area (Å²) in [5, 5.41) is 0. The first-order chi connectivity index (χ1) is 9.31. The van der Waals surface area contributed by atoms with Crippen LogP contribution in [0.15, 0.2) is 4.99 Å². The number of aliphatic imine (C=N–C) groups is 1. The van der Waals surface area contributed by atoms with Crippen molar-refractivity contribution in [3.8, 4) is 0 Å². The van der Waals surface area contributed by atoms with Crippen molar-refractivity contribution in [2.45, 2.75) is 39.2 Å². The Morgan fingerprint density at radius 1 is 1.53 bits per heavy atom. The number of ether oxygens (including phenoxy) is 2. The van der Waals surface area contributed by atoms with Crippen LogP contribution in [-0.4, -0.2) is 56.4 Å². The smallest absolute Gasteiger partial charge is 0.208 e. The largest absolute Gasteiger partial charge is 0.382 e. The van der Waals surface area contributed by atoms with Crippen molar-refractivity contribution in [1.29, 1.82) is 0 Å². The fourth-order valence-electron chi connectivity index (χ4n) is 2.13. The molecule has 19 heavy (non-hydrogen) atoms. The van der Waals surface area contributed by atoms with E-state index in [-0.39, 0.29) is 0 Å². The molecule has 0 aromatic heterocycles. The molecule has 0 aromatic rings. The molecule has 1 fully saturated rings. The van der Waals surface area contributed by atoms with E-state index in [1.807, 2.05) is 6.92 Å². The highest BCUT2D eigenvalue weighted by atomic mass is 16.5. The molecule has 0 saturated carbocycles. The minimum atomic E-state index is 0.307. The van der Waals surface area contributed by atoms with Gasteiger partial charge in [0.1, 0.15) is 0 Å². The zero-order valence-corrected chi connectivity index (χ0v) is 12.2. The molecular weight excluding hydrogens is 244 g/mol. The van der Waals surface area contributed by atoms with Crippen LogP contribution in [0.25, 0.3) is 0 Å². The molecule has 1 aliphatic heterocycles. The molecule has 6 heteroatoms. The van der Waals surface area contributed by atoms with Crippen LogP contribution in [0.4, 0.5) is 0 Å². The molecule has 1 heterocycles. The summed E-state index contributed by atoms with van der Waals surface area (Å²) in [6, 6.07) is 0. The van der Waals surface area contributed by atoms with Crippen LogP contribution >= 0.6 is 0 Å². The van der Waals surface area contributed by atoms with Crippen molar-refractivity contribution in [3.63, 3.8) is 0 Å². The minimum absolute atomic E-state index is 0.307. The van der Waals surface area contributed by atoms with Gasteiger partial charge in [-0.1, -0.05) is 0 Å². The van der Waals surface area contributed by atoms with Crippen molar-refractivity contribution in [1.82, 2.24) is 10.3 Å². The Balaban J connectivity index is 2.37. The molecule has 112 valence electrons. The van der Waals surface area contributed by atoms with E-state index in [9.17, 15) is 0 Å². The van der Waals surface area contributed by atoms with Crippen LogP contribution in [-0.2, 0) is 9.47 Å². The molecule has 0 spiro atoms. The predicted octanol–water partition coefficient (Wildman–Crippen LogP) is 0.733. The van der Waals surface area contributed by atoms with E-state index >= 15 is 0 Å². The molecule has 1 rings (SSSR count). The summed E-state index contributed by atoms with van der Waals surface area (Å²) in [5.41, 5.74) is 2.70. The number of guanidine groups is 1. The van der Waals surface area contributed by atoms with E-state index in [2.05, 4.69) is 22.2 Å². The summed E-state index contributed by atoms with van der Waals surface area (Å²) in [6.45, 7) is 8.92. The average molecular weight is 272 g/mol. The van der Waals surface area contributed by atoms with Gasteiger partial charge in [0.05, 0.1) is 6.10 Å². The van der Waals surface area contributed by atoms with E-state index < -0.39 is 0 Å². The normalized spacial score (nSPS) is 19.7. The summed E-state index contributed by atoms with van der Waals surface area (Å²) in [6.07, 6.45) is 3.50. The van der Waals surface area contributed by atoms with E-state index in [1.165, 1.54) is 0 Å². The average Bonchev–Trinajstić information content (AvgIpc) is 2.94. The number of hydrogen-bond acceptors (Lipinski definition) is 4. The first-order valence-electron chi connectivity index (χ1n) is 7.27. The minimum Gasteiger partial charge on any atom is -0.382 e. The Kier molecular flexibility index (Phi) is 8.53. The molecule has 0 bridgehead atoms. The number of nitrogens with zero attached hydrogens (tertiary/aromatic N) is 2. The molecule has 1 unspecified atom stereocenters. The van der Waals surface area contributed by atoms with Crippen LogP contribution in [0.2, 0.25) is 0 Å².